The molecule has 1 N–H and O–H groups in total. The largest absolute Gasteiger partial charge is 0.493 e. The molecular weight excluding hydrogens is 302 g/mol. The zero-order valence-electron chi connectivity index (χ0n) is 14.0. The highest BCUT2D eigenvalue weighted by atomic mass is 16.5. The molecule has 0 aliphatic heterocycles. The van der Waals surface area contributed by atoms with E-state index in [0.717, 1.165) is 24.3 Å². The van der Waals surface area contributed by atoms with Gasteiger partial charge in [0, 0.05) is 6.54 Å². The minimum atomic E-state index is -0.141. The number of ether oxygens (including phenoxy) is 1. The van der Waals surface area contributed by atoms with E-state index in [9.17, 15) is 4.79 Å². The van der Waals surface area contributed by atoms with Crippen molar-refractivity contribution in [3.8, 4) is 17.1 Å². The van der Waals surface area contributed by atoms with E-state index in [-0.39, 0.29) is 5.56 Å². The van der Waals surface area contributed by atoms with Crippen LogP contribution in [0.25, 0.3) is 22.3 Å². The zero-order chi connectivity index (χ0) is 16.9. The van der Waals surface area contributed by atoms with E-state index in [1.54, 1.807) is 6.07 Å². The SMILES string of the molecule is CN(C)CCCOc1ccccc1-c1nc2ccccc2c(=O)[nH]1. The van der Waals surface area contributed by atoms with Gasteiger partial charge in [0.2, 0.25) is 0 Å². The Morgan fingerprint density at radius 1 is 1.08 bits per heavy atom. The number of nitrogens with one attached hydrogen (secondary N) is 1. The third-order valence-electron chi connectivity index (χ3n) is 3.76. The van der Waals surface area contributed by atoms with Crippen molar-refractivity contribution < 1.29 is 4.74 Å². The number of H-pyrrole nitrogens is 1. The van der Waals surface area contributed by atoms with Crippen LogP contribution in [0.5, 0.6) is 5.75 Å². The summed E-state index contributed by atoms with van der Waals surface area (Å²) >= 11 is 0. The maximum absolute atomic E-state index is 12.3. The van der Waals surface area contributed by atoms with Gasteiger partial charge in [0.15, 0.2) is 0 Å². The molecule has 0 aliphatic rings. The fraction of sp³-hybridized carbons (Fsp3) is 0.263. The number of hydrogen-bond acceptors (Lipinski definition) is 4. The molecule has 24 heavy (non-hydrogen) atoms. The molecule has 124 valence electrons. The maximum Gasteiger partial charge on any atom is 0.259 e. The van der Waals surface area contributed by atoms with Crippen molar-refractivity contribution in [2.75, 3.05) is 27.2 Å². The predicted octanol–water partition coefficient (Wildman–Crippen LogP) is 2.92. The number of aromatic nitrogens is 2. The zero-order valence-corrected chi connectivity index (χ0v) is 14.0. The highest BCUT2D eigenvalue weighted by molar-refractivity contribution is 5.80. The number of hydrogen-bond donors (Lipinski definition) is 1. The van der Waals surface area contributed by atoms with Crippen LogP contribution in [0.3, 0.4) is 0 Å². The van der Waals surface area contributed by atoms with Crippen molar-refractivity contribution in [3.63, 3.8) is 0 Å². The molecule has 0 saturated heterocycles. The van der Waals surface area contributed by atoms with Gasteiger partial charge < -0.3 is 14.6 Å². The molecule has 3 rings (SSSR count). The van der Waals surface area contributed by atoms with Crippen LogP contribution < -0.4 is 10.3 Å². The van der Waals surface area contributed by atoms with E-state index >= 15 is 0 Å². The summed E-state index contributed by atoms with van der Waals surface area (Å²) in [5.41, 5.74) is 1.34. The van der Waals surface area contributed by atoms with Gasteiger partial charge in [-0.1, -0.05) is 24.3 Å². The third-order valence-corrected chi connectivity index (χ3v) is 3.76. The Morgan fingerprint density at radius 2 is 1.83 bits per heavy atom. The lowest BCUT2D eigenvalue weighted by molar-refractivity contribution is 0.282. The maximum atomic E-state index is 12.3. The van der Waals surface area contributed by atoms with Crippen LogP contribution in [0.1, 0.15) is 6.42 Å². The lowest BCUT2D eigenvalue weighted by atomic mass is 10.1. The molecule has 3 aromatic rings. The molecule has 0 aliphatic carbocycles. The van der Waals surface area contributed by atoms with E-state index < -0.39 is 0 Å². The van der Waals surface area contributed by atoms with E-state index in [1.807, 2.05) is 56.6 Å². The fourth-order valence-electron chi connectivity index (χ4n) is 2.57. The van der Waals surface area contributed by atoms with Crippen molar-refractivity contribution >= 4 is 10.9 Å². The van der Waals surface area contributed by atoms with Crippen molar-refractivity contribution in [3.05, 3.63) is 58.9 Å². The molecule has 1 heterocycles. The van der Waals surface area contributed by atoms with Crippen LogP contribution in [-0.4, -0.2) is 42.1 Å². The van der Waals surface area contributed by atoms with E-state index in [0.29, 0.717) is 23.3 Å². The molecule has 5 nitrogen and oxygen atoms in total. The highest BCUT2D eigenvalue weighted by Crippen LogP contribution is 2.27. The average molecular weight is 323 g/mol. The normalized spacial score (nSPS) is 11.1. The van der Waals surface area contributed by atoms with Crippen LogP contribution in [0, 0.1) is 0 Å². The van der Waals surface area contributed by atoms with Gasteiger partial charge in [0.1, 0.15) is 11.6 Å². The number of rotatable bonds is 6. The molecule has 2 aromatic carbocycles. The first kappa shape index (κ1) is 16.2. The number of fused-ring (bicyclic) bond motifs is 1. The van der Waals surface area contributed by atoms with E-state index in [2.05, 4.69) is 14.9 Å². The average Bonchev–Trinajstić information content (AvgIpc) is 2.59. The lowest BCUT2D eigenvalue weighted by Crippen LogP contribution is -2.15. The van der Waals surface area contributed by atoms with Gasteiger partial charge >= 0.3 is 0 Å². The second-order valence-electron chi connectivity index (χ2n) is 5.93. The van der Waals surface area contributed by atoms with Crippen molar-refractivity contribution in [1.82, 2.24) is 14.9 Å². The molecule has 5 heteroatoms. The number of para-hydroxylation sites is 2. The Kier molecular flexibility index (Phi) is 4.91. The quantitative estimate of drug-likeness (QED) is 0.709. The van der Waals surface area contributed by atoms with Gasteiger partial charge in [-0.25, -0.2) is 4.98 Å². The summed E-state index contributed by atoms with van der Waals surface area (Å²) < 4.78 is 5.91. The molecule has 0 bridgehead atoms. The molecule has 0 fully saturated rings. The summed E-state index contributed by atoms with van der Waals surface area (Å²) in [4.78, 5) is 21.8. The Balaban J connectivity index is 1.91. The van der Waals surface area contributed by atoms with Crippen LogP contribution in [-0.2, 0) is 0 Å². The molecule has 0 radical (unpaired) electrons. The molecule has 0 saturated carbocycles. The lowest BCUT2D eigenvalue weighted by Gasteiger charge is -2.13. The summed E-state index contributed by atoms with van der Waals surface area (Å²) in [6, 6.07) is 15.0. The summed E-state index contributed by atoms with van der Waals surface area (Å²) in [5.74, 6) is 1.26. The summed E-state index contributed by atoms with van der Waals surface area (Å²) in [7, 11) is 4.08. The highest BCUT2D eigenvalue weighted by Gasteiger charge is 2.10. The van der Waals surface area contributed by atoms with Crippen molar-refractivity contribution in [2.24, 2.45) is 0 Å². The summed E-state index contributed by atoms with van der Waals surface area (Å²) in [6.07, 6.45) is 0.934. The second kappa shape index (κ2) is 7.27. The summed E-state index contributed by atoms with van der Waals surface area (Å²) in [5, 5.41) is 0.589. The molecule has 0 unspecified atom stereocenters. The second-order valence-corrected chi connectivity index (χ2v) is 5.93. The van der Waals surface area contributed by atoms with Gasteiger partial charge in [0.05, 0.1) is 23.1 Å². The minimum Gasteiger partial charge on any atom is -0.493 e. The van der Waals surface area contributed by atoms with E-state index in [4.69, 9.17) is 4.74 Å². The summed E-state index contributed by atoms with van der Waals surface area (Å²) in [6.45, 7) is 1.58. The first-order valence-corrected chi connectivity index (χ1v) is 8.01. The van der Waals surface area contributed by atoms with Gasteiger partial charge in [0.25, 0.3) is 5.56 Å². The van der Waals surface area contributed by atoms with Gasteiger partial charge in [-0.05, 0) is 44.8 Å². The van der Waals surface area contributed by atoms with Gasteiger partial charge in [-0.15, -0.1) is 0 Å². The van der Waals surface area contributed by atoms with Crippen molar-refractivity contribution in [2.45, 2.75) is 6.42 Å². The number of nitrogens with zero attached hydrogens (tertiary/aromatic N) is 2. The van der Waals surface area contributed by atoms with E-state index in [1.165, 1.54) is 0 Å². The monoisotopic (exact) mass is 323 g/mol. The van der Waals surface area contributed by atoms with Crippen LogP contribution in [0.15, 0.2) is 53.3 Å². The number of benzene rings is 2. The number of aromatic amines is 1. The van der Waals surface area contributed by atoms with Crippen LogP contribution in [0.4, 0.5) is 0 Å². The minimum absolute atomic E-state index is 0.141. The Hall–Kier alpha value is -2.66. The molecule has 0 spiro atoms. The van der Waals surface area contributed by atoms with Gasteiger partial charge in [-0.3, -0.25) is 4.79 Å². The van der Waals surface area contributed by atoms with Crippen LogP contribution >= 0.6 is 0 Å². The Labute approximate surface area is 140 Å². The topological polar surface area (TPSA) is 58.2 Å². The third kappa shape index (κ3) is 3.63. The first-order valence-electron chi connectivity index (χ1n) is 8.01. The smallest absolute Gasteiger partial charge is 0.259 e. The Bertz CT molecular complexity index is 887. The molecule has 1 aromatic heterocycles. The standard InChI is InChI=1S/C19H21N3O2/c1-22(2)12-7-13-24-17-11-6-4-9-15(17)18-20-16-10-5-3-8-14(16)19(23)21-18/h3-6,8-11H,7,12-13H2,1-2H3,(H,20,21,23). The Morgan fingerprint density at radius 3 is 2.67 bits per heavy atom. The molecule has 0 atom stereocenters. The fourth-order valence-corrected chi connectivity index (χ4v) is 2.57. The first-order chi connectivity index (χ1) is 11.6. The molecular formula is C19H21N3O2. The van der Waals surface area contributed by atoms with Crippen LogP contribution in [0.2, 0.25) is 0 Å². The predicted molar refractivity (Wildman–Crippen MR) is 96.5 cm³/mol. The molecule has 0 amide bonds. The van der Waals surface area contributed by atoms with Gasteiger partial charge in [-0.2, -0.15) is 0 Å². The van der Waals surface area contributed by atoms with Crippen molar-refractivity contribution in [1.29, 1.82) is 0 Å².